The van der Waals surface area contributed by atoms with E-state index in [1.165, 1.54) is 37.7 Å². The molecule has 0 fully saturated rings. The van der Waals surface area contributed by atoms with E-state index >= 15 is 0 Å². The summed E-state index contributed by atoms with van der Waals surface area (Å²) in [5.74, 6) is -0.0468. The van der Waals surface area contributed by atoms with Crippen molar-refractivity contribution >= 4 is 5.97 Å². The van der Waals surface area contributed by atoms with Crippen LogP contribution in [0.3, 0.4) is 0 Å². The highest BCUT2D eigenvalue weighted by molar-refractivity contribution is 5.69. The van der Waals surface area contributed by atoms with Gasteiger partial charge < -0.3 is 4.74 Å². The smallest absolute Gasteiger partial charge is 0.305 e. The minimum atomic E-state index is -0.0468. The number of esters is 1. The van der Waals surface area contributed by atoms with Crippen LogP contribution in [0, 0.1) is 0 Å². The molecule has 1 aromatic carbocycles. The van der Waals surface area contributed by atoms with Crippen molar-refractivity contribution in [1.82, 2.24) is 0 Å². The van der Waals surface area contributed by atoms with Gasteiger partial charge in [0.1, 0.15) is 0 Å². The number of carbonyl (C=O) groups is 1. The first-order valence-electron chi connectivity index (χ1n) is 8.02. The monoisotopic (exact) mass is 276 g/mol. The van der Waals surface area contributed by atoms with Gasteiger partial charge in [-0.2, -0.15) is 0 Å². The lowest BCUT2D eigenvalue weighted by molar-refractivity contribution is -0.143. The topological polar surface area (TPSA) is 26.3 Å². The second-order valence-corrected chi connectivity index (χ2v) is 5.33. The van der Waals surface area contributed by atoms with Gasteiger partial charge in [-0.05, 0) is 12.0 Å². The predicted octanol–water partition coefficient (Wildman–Crippen LogP) is 4.91. The number of hydrogen-bond donors (Lipinski definition) is 0. The normalized spacial score (nSPS) is 10.4. The number of benzene rings is 1. The maximum Gasteiger partial charge on any atom is 0.305 e. The van der Waals surface area contributed by atoms with Gasteiger partial charge in [0, 0.05) is 12.8 Å². The van der Waals surface area contributed by atoms with Crippen LogP contribution in [-0.4, -0.2) is 12.6 Å². The van der Waals surface area contributed by atoms with Crippen molar-refractivity contribution in [3.05, 3.63) is 35.9 Å². The van der Waals surface area contributed by atoms with E-state index in [0.717, 1.165) is 19.3 Å². The first-order valence-corrected chi connectivity index (χ1v) is 8.02. The second kappa shape index (κ2) is 11.5. The molecule has 2 heteroatoms. The van der Waals surface area contributed by atoms with Gasteiger partial charge in [0.25, 0.3) is 0 Å². The largest absolute Gasteiger partial charge is 0.465 e. The molecule has 0 saturated carbocycles. The molecule has 0 radical (unpaired) electrons. The van der Waals surface area contributed by atoms with Crippen LogP contribution in [0.5, 0.6) is 0 Å². The Morgan fingerprint density at radius 3 is 2.30 bits per heavy atom. The molecular weight excluding hydrogens is 248 g/mol. The summed E-state index contributed by atoms with van der Waals surface area (Å²) in [4.78, 5) is 11.5. The molecule has 0 saturated heterocycles. The number of rotatable bonds is 11. The fourth-order valence-corrected chi connectivity index (χ4v) is 2.23. The van der Waals surface area contributed by atoms with E-state index in [1.807, 2.05) is 18.2 Å². The van der Waals surface area contributed by atoms with Crippen molar-refractivity contribution in [1.29, 1.82) is 0 Å². The van der Waals surface area contributed by atoms with E-state index in [0.29, 0.717) is 13.0 Å². The quantitative estimate of drug-likeness (QED) is 0.424. The molecule has 0 heterocycles. The summed E-state index contributed by atoms with van der Waals surface area (Å²) < 4.78 is 5.25. The zero-order valence-corrected chi connectivity index (χ0v) is 12.8. The Labute approximate surface area is 123 Å². The molecule has 0 aliphatic heterocycles. The fraction of sp³-hybridized carbons (Fsp3) is 0.611. The minimum Gasteiger partial charge on any atom is -0.465 e. The molecule has 1 aromatic rings. The van der Waals surface area contributed by atoms with Gasteiger partial charge >= 0.3 is 5.97 Å². The highest BCUT2D eigenvalue weighted by Crippen LogP contribution is 2.09. The highest BCUT2D eigenvalue weighted by atomic mass is 16.5. The summed E-state index contributed by atoms with van der Waals surface area (Å²) in [5, 5.41) is 0. The summed E-state index contributed by atoms with van der Waals surface area (Å²) in [6, 6.07) is 10.1. The molecule has 0 aromatic heterocycles. The Bertz CT molecular complexity index is 346. The average Bonchev–Trinajstić information content (AvgIpc) is 2.47. The third kappa shape index (κ3) is 8.73. The number of hydrogen-bond acceptors (Lipinski definition) is 2. The zero-order chi connectivity index (χ0) is 14.5. The summed E-state index contributed by atoms with van der Waals surface area (Å²) in [6.07, 6.45) is 10.0. The van der Waals surface area contributed by atoms with Crippen molar-refractivity contribution in [3.8, 4) is 0 Å². The number of carbonyl (C=O) groups excluding carboxylic acids is 1. The molecule has 0 N–H and O–H groups in total. The molecule has 0 aliphatic carbocycles. The van der Waals surface area contributed by atoms with Crippen molar-refractivity contribution < 1.29 is 9.53 Å². The van der Waals surface area contributed by atoms with E-state index in [1.54, 1.807) is 0 Å². The third-order valence-electron chi connectivity index (χ3n) is 3.48. The SMILES string of the molecule is CCCCCCCCCC(=O)OCCc1ccccc1. The van der Waals surface area contributed by atoms with Gasteiger partial charge in [-0.25, -0.2) is 0 Å². The number of ether oxygens (including phenoxy) is 1. The molecule has 0 unspecified atom stereocenters. The van der Waals surface area contributed by atoms with Crippen LogP contribution < -0.4 is 0 Å². The van der Waals surface area contributed by atoms with Gasteiger partial charge in [-0.1, -0.05) is 75.8 Å². The summed E-state index contributed by atoms with van der Waals surface area (Å²) in [6.45, 7) is 2.73. The van der Waals surface area contributed by atoms with Crippen LogP contribution in [0.15, 0.2) is 30.3 Å². The average molecular weight is 276 g/mol. The maximum absolute atomic E-state index is 11.5. The molecule has 20 heavy (non-hydrogen) atoms. The molecule has 1 rings (SSSR count). The lowest BCUT2D eigenvalue weighted by Crippen LogP contribution is -2.07. The molecule has 0 spiro atoms. The van der Waals surface area contributed by atoms with Crippen molar-refractivity contribution in [2.24, 2.45) is 0 Å². The Hall–Kier alpha value is -1.31. The molecule has 0 aliphatic rings. The van der Waals surface area contributed by atoms with Gasteiger partial charge in [0.15, 0.2) is 0 Å². The van der Waals surface area contributed by atoms with Gasteiger partial charge in [-0.3, -0.25) is 4.79 Å². The molecule has 0 bridgehead atoms. The summed E-state index contributed by atoms with van der Waals surface area (Å²) in [7, 11) is 0. The van der Waals surface area contributed by atoms with E-state index in [-0.39, 0.29) is 5.97 Å². The first kappa shape index (κ1) is 16.7. The van der Waals surface area contributed by atoms with Gasteiger partial charge in [0.05, 0.1) is 6.61 Å². The summed E-state index contributed by atoms with van der Waals surface area (Å²) in [5.41, 5.74) is 1.22. The maximum atomic E-state index is 11.5. The predicted molar refractivity (Wildman–Crippen MR) is 83.7 cm³/mol. The standard InChI is InChI=1S/C18H28O2/c1-2-3-4-5-6-7-11-14-18(19)20-16-15-17-12-9-8-10-13-17/h8-10,12-13H,2-7,11,14-16H2,1H3. The van der Waals surface area contributed by atoms with E-state index in [2.05, 4.69) is 19.1 Å². The molecule has 0 atom stereocenters. The Kier molecular flexibility index (Phi) is 9.64. The molecule has 112 valence electrons. The Morgan fingerprint density at radius 1 is 0.950 bits per heavy atom. The van der Waals surface area contributed by atoms with Crippen molar-refractivity contribution in [2.75, 3.05) is 6.61 Å². The third-order valence-corrected chi connectivity index (χ3v) is 3.48. The fourth-order valence-electron chi connectivity index (χ4n) is 2.23. The lowest BCUT2D eigenvalue weighted by Gasteiger charge is -2.05. The first-order chi connectivity index (χ1) is 9.83. The Morgan fingerprint density at radius 2 is 1.60 bits per heavy atom. The zero-order valence-electron chi connectivity index (χ0n) is 12.8. The van der Waals surface area contributed by atoms with Crippen LogP contribution in [0.1, 0.15) is 63.9 Å². The Balaban J connectivity index is 1.93. The van der Waals surface area contributed by atoms with Crippen LogP contribution in [0.2, 0.25) is 0 Å². The second-order valence-electron chi connectivity index (χ2n) is 5.33. The molecular formula is C18H28O2. The van der Waals surface area contributed by atoms with E-state index in [4.69, 9.17) is 4.74 Å². The minimum absolute atomic E-state index is 0.0468. The van der Waals surface area contributed by atoms with Crippen LogP contribution in [-0.2, 0) is 16.0 Å². The van der Waals surface area contributed by atoms with Crippen LogP contribution in [0.25, 0.3) is 0 Å². The van der Waals surface area contributed by atoms with Crippen LogP contribution in [0.4, 0.5) is 0 Å². The molecule has 0 amide bonds. The molecule has 2 nitrogen and oxygen atoms in total. The lowest BCUT2D eigenvalue weighted by atomic mass is 10.1. The van der Waals surface area contributed by atoms with Gasteiger partial charge in [0.2, 0.25) is 0 Å². The van der Waals surface area contributed by atoms with Crippen LogP contribution >= 0.6 is 0 Å². The van der Waals surface area contributed by atoms with Crippen molar-refractivity contribution in [3.63, 3.8) is 0 Å². The van der Waals surface area contributed by atoms with Crippen molar-refractivity contribution in [2.45, 2.75) is 64.7 Å². The van der Waals surface area contributed by atoms with Gasteiger partial charge in [-0.15, -0.1) is 0 Å². The number of unbranched alkanes of at least 4 members (excludes halogenated alkanes) is 6. The van der Waals surface area contributed by atoms with E-state index in [9.17, 15) is 4.79 Å². The van der Waals surface area contributed by atoms with E-state index < -0.39 is 0 Å². The summed E-state index contributed by atoms with van der Waals surface area (Å²) >= 11 is 0. The highest BCUT2D eigenvalue weighted by Gasteiger charge is 2.02.